The Morgan fingerprint density at radius 2 is 2.00 bits per heavy atom. The van der Waals surface area contributed by atoms with Gasteiger partial charge in [0.25, 0.3) is 0 Å². The molecule has 2 nitrogen and oxygen atoms in total. The van der Waals surface area contributed by atoms with Crippen molar-refractivity contribution < 1.29 is 0 Å². The van der Waals surface area contributed by atoms with Crippen LogP contribution in [0.4, 0.5) is 0 Å². The summed E-state index contributed by atoms with van der Waals surface area (Å²) in [7, 11) is 2.06. The van der Waals surface area contributed by atoms with Gasteiger partial charge in [-0.2, -0.15) is 0 Å². The monoisotopic (exact) mass is 292 g/mol. The van der Waals surface area contributed by atoms with Gasteiger partial charge in [-0.3, -0.25) is 0 Å². The number of nitrogens with one attached hydrogen (secondary N) is 1. The Morgan fingerprint density at radius 3 is 2.70 bits per heavy atom. The van der Waals surface area contributed by atoms with Crippen molar-refractivity contribution >= 4 is 11.3 Å². The van der Waals surface area contributed by atoms with Gasteiger partial charge in [-0.15, -0.1) is 11.3 Å². The fourth-order valence-corrected chi connectivity index (χ4v) is 5.15. The van der Waals surface area contributed by atoms with Gasteiger partial charge >= 0.3 is 0 Å². The largest absolute Gasteiger partial charge is 0.319 e. The number of hydrogen-bond donors (Lipinski definition) is 1. The van der Waals surface area contributed by atoms with Crippen LogP contribution >= 0.6 is 11.3 Å². The lowest BCUT2D eigenvalue weighted by Gasteiger charge is -2.33. The molecule has 0 spiro atoms. The van der Waals surface area contributed by atoms with Crippen LogP contribution in [0.15, 0.2) is 0 Å². The molecule has 1 unspecified atom stereocenters. The SMILES string of the molecule is CNCC1CCCc2sc(C3CCC(C)(C)CC3)nc21. The highest BCUT2D eigenvalue weighted by Gasteiger charge is 2.31. The first-order valence-electron chi connectivity index (χ1n) is 8.23. The lowest BCUT2D eigenvalue weighted by atomic mass is 9.73. The van der Waals surface area contributed by atoms with Crippen molar-refractivity contribution in [3.8, 4) is 0 Å². The average Bonchev–Trinajstić information content (AvgIpc) is 2.84. The summed E-state index contributed by atoms with van der Waals surface area (Å²) in [4.78, 5) is 6.69. The molecule has 1 aromatic rings. The molecular weight excluding hydrogens is 264 g/mol. The molecule has 2 aliphatic rings. The van der Waals surface area contributed by atoms with Gasteiger partial charge in [0.1, 0.15) is 0 Å². The number of fused-ring (bicyclic) bond motifs is 1. The van der Waals surface area contributed by atoms with E-state index in [1.807, 2.05) is 11.3 Å². The molecule has 1 saturated carbocycles. The van der Waals surface area contributed by atoms with Crippen molar-refractivity contribution in [2.45, 2.75) is 70.6 Å². The average molecular weight is 292 g/mol. The van der Waals surface area contributed by atoms with Gasteiger partial charge in [-0.1, -0.05) is 13.8 Å². The number of likely N-dealkylation sites (N-methyl/N-ethyl adjacent to an activating group) is 1. The summed E-state index contributed by atoms with van der Waals surface area (Å²) >= 11 is 2.03. The van der Waals surface area contributed by atoms with Crippen LogP contribution in [0.3, 0.4) is 0 Å². The van der Waals surface area contributed by atoms with E-state index in [9.17, 15) is 0 Å². The lowest BCUT2D eigenvalue weighted by molar-refractivity contribution is 0.224. The molecule has 20 heavy (non-hydrogen) atoms. The molecule has 0 saturated heterocycles. The Morgan fingerprint density at radius 1 is 1.25 bits per heavy atom. The van der Waals surface area contributed by atoms with Crippen LogP contribution in [0.2, 0.25) is 0 Å². The number of thiazole rings is 1. The second-order valence-corrected chi connectivity index (χ2v) is 8.56. The van der Waals surface area contributed by atoms with Gasteiger partial charge in [0.15, 0.2) is 0 Å². The molecule has 1 atom stereocenters. The van der Waals surface area contributed by atoms with Gasteiger partial charge in [0, 0.05) is 23.3 Å². The maximum Gasteiger partial charge on any atom is 0.0962 e. The highest BCUT2D eigenvalue weighted by atomic mass is 32.1. The van der Waals surface area contributed by atoms with Crippen molar-refractivity contribution in [2.24, 2.45) is 5.41 Å². The lowest BCUT2D eigenvalue weighted by Crippen LogP contribution is -2.21. The number of aryl methyl sites for hydroxylation is 1. The molecule has 0 radical (unpaired) electrons. The Balaban J connectivity index is 1.76. The van der Waals surface area contributed by atoms with Gasteiger partial charge in [-0.05, 0) is 57.4 Å². The molecule has 1 fully saturated rings. The number of hydrogen-bond acceptors (Lipinski definition) is 3. The smallest absolute Gasteiger partial charge is 0.0962 e. The summed E-state index contributed by atoms with van der Waals surface area (Å²) in [6.45, 7) is 5.92. The van der Waals surface area contributed by atoms with E-state index in [0.29, 0.717) is 11.3 Å². The first kappa shape index (κ1) is 14.5. The first-order valence-corrected chi connectivity index (χ1v) is 9.05. The van der Waals surface area contributed by atoms with E-state index in [1.54, 1.807) is 4.88 Å². The second kappa shape index (κ2) is 5.76. The zero-order valence-corrected chi connectivity index (χ0v) is 14.0. The van der Waals surface area contributed by atoms with Crippen LogP contribution in [-0.2, 0) is 6.42 Å². The highest BCUT2D eigenvalue weighted by Crippen LogP contribution is 2.45. The van der Waals surface area contributed by atoms with Crippen molar-refractivity contribution in [3.05, 3.63) is 15.6 Å². The molecular formula is C17H28N2S. The van der Waals surface area contributed by atoms with E-state index in [4.69, 9.17) is 4.98 Å². The summed E-state index contributed by atoms with van der Waals surface area (Å²) < 4.78 is 0. The van der Waals surface area contributed by atoms with E-state index in [1.165, 1.54) is 55.6 Å². The minimum Gasteiger partial charge on any atom is -0.319 e. The Hall–Kier alpha value is -0.410. The molecule has 2 aliphatic carbocycles. The van der Waals surface area contributed by atoms with E-state index < -0.39 is 0 Å². The van der Waals surface area contributed by atoms with Crippen LogP contribution in [-0.4, -0.2) is 18.6 Å². The molecule has 3 rings (SSSR count). The van der Waals surface area contributed by atoms with Crippen molar-refractivity contribution in [3.63, 3.8) is 0 Å². The zero-order chi connectivity index (χ0) is 14.2. The van der Waals surface area contributed by atoms with Crippen LogP contribution in [0.25, 0.3) is 0 Å². The Bertz CT molecular complexity index is 454. The summed E-state index contributed by atoms with van der Waals surface area (Å²) in [5.74, 6) is 1.41. The number of nitrogens with zero attached hydrogens (tertiary/aromatic N) is 1. The number of rotatable bonds is 3. The van der Waals surface area contributed by atoms with Crippen LogP contribution in [0.1, 0.15) is 79.8 Å². The molecule has 0 amide bonds. The maximum atomic E-state index is 5.10. The fraction of sp³-hybridized carbons (Fsp3) is 0.824. The van der Waals surface area contributed by atoms with Crippen LogP contribution in [0, 0.1) is 5.41 Å². The van der Waals surface area contributed by atoms with E-state index >= 15 is 0 Å². The second-order valence-electron chi connectivity index (χ2n) is 7.45. The van der Waals surface area contributed by atoms with Gasteiger partial charge in [0.05, 0.1) is 10.7 Å². The summed E-state index contributed by atoms with van der Waals surface area (Å²) in [6.07, 6.45) is 9.34. The third-order valence-electron chi connectivity index (χ3n) is 5.23. The molecule has 112 valence electrons. The molecule has 1 N–H and O–H groups in total. The number of aromatic nitrogens is 1. The Kier molecular flexibility index (Phi) is 4.19. The summed E-state index contributed by atoms with van der Waals surface area (Å²) in [6, 6.07) is 0. The van der Waals surface area contributed by atoms with Gasteiger partial charge in [0.2, 0.25) is 0 Å². The molecule has 1 aromatic heterocycles. The predicted octanol–water partition coefficient (Wildman–Crippen LogP) is 4.47. The molecule has 1 heterocycles. The molecule has 0 aromatic carbocycles. The third kappa shape index (κ3) is 2.94. The molecule has 0 aliphatic heterocycles. The summed E-state index contributed by atoms with van der Waals surface area (Å²) in [5.41, 5.74) is 2.00. The fourth-order valence-electron chi connectivity index (χ4n) is 3.79. The predicted molar refractivity (Wildman–Crippen MR) is 86.7 cm³/mol. The molecule has 3 heteroatoms. The van der Waals surface area contributed by atoms with Crippen molar-refractivity contribution in [1.82, 2.24) is 10.3 Å². The Labute approximate surface area is 127 Å². The summed E-state index contributed by atoms with van der Waals surface area (Å²) in [5, 5.41) is 4.79. The highest BCUT2D eigenvalue weighted by molar-refractivity contribution is 7.11. The van der Waals surface area contributed by atoms with Gasteiger partial charge < -0.3 is 5.32 Å². The van der Waals surface area contributed by atoms with Crippen molar-refractivity contribution in [1.29, 1.82) is 0 Å². The van der Waals surface area contributed by atoms with E-state index in [2.05, 4.69) is 26.2 Å². The minimum absolute atomic E-state index is 0.558. The topological polar surface area (TPSA) is 24.9 Å². The normalized spacial score (nSPS) is 26.4. The molecule has 0 bridgehead atoms. The van der Waals surface area contributed by atoms with E-state index in [-0.39, 0.29) is 0 Å². The standard InChI is InChI=1S/C17H28N2S/c1-17(2)9-7-12(8-10-17)16-19-15-13(11-18-3)5-4-6-14(15)20-16/h12-13,18H,4-11H2,1-3H3. The quantitative estimate of drug-likeness (QED) is 0.889. The van der Waals surface area contributed by atoms with Crippen LogP contribution < -0.4 is 5.32 Å². The van der Waals surface area contributed by atoms with Gasteiger partial charge in [-0.25, -0.2) is 4.98 Å². The first-order chi connectivity index (χ1) is 9.59. The zero-order valence-electron chi connectivity index (χ0n) is 13.2. The van der Waals surface area contributed by atoms with Crippen molar-refractivity contribution in [2.75, 3.05) is 13.6 Å². The maximum absolute atomic E-state index is 5.10. The van der Waals surface area contributed by atoms with E-state index in [0.717, 1.165) is 12.5 Å². The third-order valence-corrected chi connectivity index (χ3v) is 6.52. The van der Waals surface area contributed by atoms with Crippen LogP contribution in [0.5, 0.6) is 0 Å². The minimum atomic E-state index is 0.558.